The molecule has 0 aliphatic rings. The Kier molecular flexibility index (Phi) is 5.49. The molecule has 0 fully saturated rings. The molecule has 0 saturated heterocycles. The molecule has 0 spiro atoms. The van der Waals surface area contributed by atoms with Gasteiger partial charge >= 0.3 is 5.97 Å². The van der Waals surface area contributed by atoms with Crippen molar-refractivity contribution in [1.29, 1.82) is 0 Å². The molecular formula is C14H21NO5S. The summed E-state index contributed by atoms with van der Waals surface area (Å²) in [6, 6.07) is 5.51. The average molecular weight is 315 g/mol. The number of rotatable bonds is 6. The molecule has 0 aliphatic heterocycles. The van der Waals surface area contributed by atoms with Gasteiger partial charge in [0.05, 0.1) is 23.2 Å². The Balaban J connectivity index is 3.09. The first-order valence-corrected chi connectivity index (χ1v) is 7.96. The van der Waals surface area contributed by atoms with E-state index in [0.717, 1.165) is 0 Å². The van der Waals surface area contributed by atoms with Crippen LogP contribution in [0.4, 0.5) is 0 Å². The summed E-state index contributed by atoms with van der Waals surface area (Å²) in [6.07, 6.45) is 0. The lowest BCUT2D eigenvalue weighted by atomic mass is 10.1. The van der Waals surface area contributed by atoms with Gasteiger partial charge in [-0.2, -0.15) is 4.31 Å². The van der Waals surface area contributed by atoms with Crippen molar-refractivity contribution in [2.45, 2.75) is 31.3 Å². The summed E-state index contributed by atoms with van der Waals surface area (Å²) in [7, 11) is -2.45. The summed E-state index contributed by atoms with van der Waals surface area (Å²) in [5.74, 6) is -0.525. The fourth-order valence-corrected chi connectivity index (χ4v) is 3.43. The number of aliphatic hydroxyl groups is 1. The summed E-state index contributed by atoms with van der Waals surface area (Å²) < 4.78 is 30.7. The minimum Gasteiger partial charge on any atom is -0.465 e. The molecule has 0 saturated carbocycles. The van der Waals surface area contributed by atoms with Crippen molar-refractivity contribution < 1.29 is 23.1 Å². The van der Waals surface area contributed by atoms with E-state index in [1.165, 1.54) is 35.7 Å². The number of esters is 1. The van der Waals surface area contributed by atoms with Crippen LogP contribution in [0.25, 0.3) is 0 Å². The lowest BCUT2D eigenvalue weighted by Gasteiger charge is -2.27. The molecule has 0 atom stereocenters. The Labute approximate surface area is 125 Å². The monoisotopic (exact) mass is 315 g/mol. The van der Waals surface area contributed by atoms with Crippen molar-refractivity contribution >= 4 is 16.0 Å². The highest BCUT2D eigenvalue weighted by molar-refractivity contribution is 7.89. The summed E-state index contributed by atoms with van der Waals surface area (Å²) in [6.45, 7) is 5.03. The van der Waals surface area contributed by atoms with Crippen LogP contribution < -0.4 is 0 Å². The minimum atomic E-state index is -3.71. The summed E-state index contributed by atoms with van der Waals surface area (Å²) >= 11 is 0. The molecule has 6 nitrogen and oxygen atoms in total. The number of hydrogen-bond donors (Lipinski definition) is 1. The predicted octanol–water partition coefficient (Wildman–Crippen LogP) is 1.25. The second kappa shape index (κ2) is 6.55. The molecule has 1 N–H and O–H groups in total. The van der Waals surface area contributed by atoms with Gasteiger partial charge in [-0.15, -0.1) is 0 Å². The number of carbonyl (C=O) groups is 1. The van der Waals surface area contributed by atoms with Crippen LogP contribution in [0.2, 0.25) is 0 Å². The first-order valence-electron chi connectivity index (χ1n) is 6.52. The van der Waals surface area contributed by atoms with Gasteiger partial charge in [-0.1, -0.05) is 6.92 Å². The molecular weight excluding hydrogens is 294 g/mol. The fourth-order valence-electron chi connectivity index (χ4n) is 1.83. The SMILES string of the molecule is CCN(CC(C)(C)O)S(=O)(=O)c1ccc(C(=O)OC)cc1. The van der Waals surface area contributed by atoms with E-state index in [-0.39, 0.29) is 23.5 Å². The van der Waals surface area contributed by atoms with Gasteiger partial charge in [0.1, 0.15) is 0 Å². The fraction of sp³-hybridized carbons (Fsp3) is 0.500. The first-order chi connectivity index (χ1) is 9.61. The largest absolute Gasteiger partial charge is 0.465 e. The van der Waals surface area contributed by atoms with Crippen LogP contribution in [-0.4, -0.2) is 49.6 Å². The van der Waals surface area contributed by atoms with E-state index in [2.05, 4.69) is 4.74 Å². The Bertz CT molecular complexity index is 587. The van der Waals surface area contributed by atoms with Gasteiger partial charge in [0.2, 0.25) is 10.0 Å². The second-order valence-corrected chi connectivity index (χ2v) is 7.20. The molecule has 0 amide bonds. The normalized spacial score (nSPS) is 12.5. The van der Waals surface area contributed by atoms with Crippen LogP contribution in [0.15, 0.2) is 29.2 Å². The highest BCUT2D eigenvalue weighted by atomic mass is 32.2. The van der Waals surface area contributed by atoms with Gasteiger partial charge < -0.3 is 9.84 Å². The van der Waals surface area contributed by atoms with Gasteiger partial charge in [0.25, 0.3) is 0 Å². The maximum Gasteiger partial charge on any atom is 0.337 e. The number of ether oxygens (including phenoxy) is 1. The van der Waals surface area contributed by atoms with E-state index in [1.54, 1.807) is 20.8 Å². The first kappa shape index (κ1) is 17.6. The maximum absolute atomic E-state index is 12.5. The number of nitrogens with zero attached hydrogens (tertiary/aromatic N) is 1. The second-order valence-electron chi connectivity index (χ2n) is 5.26. The zero-order chi connectivity index (χ0) is 16.3. The average Bonchev–Trinajstić information content (AvgIpc) is 2.42. The van der Waals surface area contributed by atoms with E-state index < -0.39 is 21.6 Å². The number of benzene rings is 1. The summed E-state index contributed by atoms with van der Waals surface area (Å²) in [5, 5.41) is 9.81. The number of hydrogen-bond acceptors (Lipinski definition) is 5. The lowest BCUT2D eigenvalue weighted by Crippen LogP contribution is -2.42. The quantitative estimate of drug-likeness (QED) is 0.799. The lowest BCUT2D eigenvalue weighted by molar-refractivity contribution is 0.0596. The molecule has 21 heavy (non-hydrogen) atoms. The molecule has 7 heteroatoms. The van der Waals surface area contributed by atoms with Crippen LogP contribution in [0.5, 0.6) is 0 Å². The van der Waals surface area contributed by atoms with Crippen LogP contribution >= 0.6 is 0 Å². The highest BCUT2D eigenvalue weighted by Crippen LogP contribution is 2.19. The molecule has 1 aromatic carbocycles. The van der Waals surface area contributed by atoms with E-state index in [9.17, 15) is 18.3 Å². The topological polar surface area (TPSA) is 83.9 Å². The van der Waals surface area contributed by atoms with Crippen LogP contribution in [0.3, 0.4) is 0 Å². The Morgan fingerprint density at radius 3 is 2.19 bits per heavy atom. The maximum atomic E-state index is 12.5. The molecule has 0 radical (unpaired) electrons. The molecule has 1 aromatic rings. The van der Waals surface area contributed by atoms with Gasteiger partial charge in [-0.05, 0) is 38.1 Å². The Hall–Kier alpha value is -1.44. The minimum absolute atomic E-state index is 0.00934. The predicted molar refractivity (Wildman–Crippen MR) is 78.5 cm³/mol. The Morgan fingerprint density at radius 1 is 1.29 bits per heavy atom. The van der Waals surface area contributed by atoms with E-state index in [0.29, 0.717) is 0 Å². The number of carbonyl (C=O) groups excluding carboxylic acids is 1. The van der Waals surface area contributed by atoms with E-state index in [4.69, 9.17) is 0 Å². The molecule has 1 rings (SSSR count). The van der Waals surface area contributed by atoms with Gasteiger partial charge in [-0.25, -0.2) is 13.2 Å². The van der Waals surface area contributed by atoms with Gasteiger partial charge in [-0.3, -0.25) is 0 Å². The van der Waals surface area contributed by atoms with Crippen molar-refractivity contribution in [3.63, 3.8) is 0 Å². The highest BCUT2D eigenvalue weighted by Gasteiger charge is 2.28. The van der Waals surface area contributed by atoms with Gasteiger partial charge in [0, 0.05) is 13.1 Å². The third kappa shape index (κ3) is 4.52. The standard InChI is InChI=1S/C14H21NO5S/c1-5-15(10-14(2,3)17)21(18,19)12-8-6-11(7-9-12)13(16)20-4/h6-9,17H,5,10H2,1-4H3. The third-order valence-corrected chi connectivity index (χ3v) is 4.76. The number of methoxy groups -OCH3 is 1. The summed E-state index contributed by atoms with van der Waals surface area (Å²) in [5.41, 5.74) is -0.850. The van der Waals surface area contributed by atoms with Gasteiger partial charge in [0.15, 0.2) is 0 Å². The summed E-state index contributed by atoms with van der Waals surface area (Å²) in [4.78, 5) is 11.4. The van der Waals surface area contributed by atoms with E-state index in [1.807, 2.05) is 0 Å². The zero-order valence-electron chi connectivity index (χ0n) is 12.7. The zero-order valence-corrected chi connectivity index (χ0v) is 13.5. The molecule has 0 unspecified atom stereocenters. The third-order valence-electron chi connectivity index (χ3n) is 2.83. The van der Waals surface area contributed by atoms with Crippen molar-refractivity contribution in [3.8, 4) is 0 Å². The van der Waals surface area contributed by atoms with Crippen molar-refractivity contribution in [2.75, 3.05) is 20.2 Å². The van der Waals surface area contributed by atoms with E-state index >= 15 is 0 Å². The van der Waals surface area contributed by atoms with Crippen LogP contribution in [0, 0.1) is 0 Å². The number of sulfonamides is 1. The Morgan fingerprint density at radius 2 is 1.81 bits per heavy atom. The number of likely N-dealkylation sites (N-methyl/N-ethyl adjacent to an activating group) is 1. The molecule has 0 aliphatic carbocycles. The van der Waals surface area contributed by atoms with Crippen LogP contribution in [-0.2, 0) is 14.8 Å². The molecule has 0 heterocycles. The van der Waals surface area contributed by atoms with Crippen molar-refractivity contribution in [3.05, 3.63) is 29.8 Å². The molecule has 118 valence electrons. The van der Waals surface area contributed by atoms with Crippen molar-refractivity contribution in [2.24, 2.45) is 0 Å². The van der Waals surface area contributed by atoms with Crippen molar-refractivity contribution in [1.82, 2.24) is 4.31 Å². The smallest absolute Gasteiger partial charge is 0.337 e. The molecule has 0 bridgehead atoms. The van der Waals surface area contributed by atoms with Crippen LogP contribution in [0.1, 0.15) is 31.1 Å². The molecule has 0 aromatic heterocycles.